The molecule has 0 saturated carbocycles. The van der Waals surface area contributed by atoms with Gasteiger partial charge in [-0.3, -0.25) is 9.47 Å². The van der Waals surface area contributed by atoms with Crippen LogP contribution < -0.4 is 0 Å². The minimum Gasteiger partial charge on any atom is -0.397 e. The molecule has 3 nitrogen and oxygen atoms in total. The maximum Gasteiger partial charge on any atom is 0.417 e. The summed E-state index contributed by atoms with van der Waals surface area (Å²) in [6.45, 7) is 2.58. The third kappa shape index (κ3) is 3.26. The van der Waals surface area contributed by atoms with Crippen molar-refractivity contribution in [3.8, 4) is 0 Å². The van der Waals surface area contributed by atoms with Gasteiger partial charge in [0.25, 0.3) is 12.2 Å². The lowest BCUT2D eigenvalue weighted by Crippen LogP contribution is -2.60. The van der Waals surface area contributed by atoms with E-state index in [2.05, 4.69) is 9.47 Å². The minimum atomic E-state index is -4.51. The second kappa shape index (κ2) is 4.80. The normalized spacial score (nSPS) is 42.2. The third-order valence-corrected chi connectivity index (χ3v) is 1.58. The molecule has 98 valence electrons. The van der Waals surface area contributed by atoms with Crippen molar-refractivity contribution >= 4 is 0 Å². The molecule has 0 aromatic rings. The SMILES string of the molecule is CC1(F)OC(F)(F)C(C)(F)OC1F.CCO. The van der Waals surface area contributed by atoms with Gasteiger partial charge in [-0.05, 0) is 6.92 Å². The maximum atomic E-state index is 12.7. The van der Waals surface area contributed by atoms with E-state index >= 15 is 0 Å². The number of ether oxygens (including phenoxy) is 2. The minimum absolute atomic E-state index is 0.250. The molecule has 1 fully saturated rings. The van der Waals surface area contributed by atoms with E-state index in [0.717, 1.165) is 0 Å². The van der Waals surface area contributed by atoms with Crippen molar-refractivity contribution in [3.05, 3.63) is 0 Å². The van der Waals surface area contributed by atoms with Crippen LogP contribution >= 0.6 is 0 Å². The topological polar surface area (TPSA) is 38.7 Å². The molecule has 0 aliphatic carbocycles. The van der Waals surface area contributed by atoms with Crippen LogP contribution in [0.25, 0.3) is 0 Å². The molecule has 0 radical (unpaired) electrons. The van der Waals surface area contributed by atoms with Gasteiger partial charge >= 0.3 is 12.0 Å². The number of hydrogen-bond acceptors (Lipinski definition) is 3. The summed E-state index contributed by atoms with van der Waals surface area (Å²) in [6, 6.07) is 0. The van der Waals surface area contributed by atoms with Gasteiger partial charge in [0.1, 0.15) is 0 Å². The predicted molar refractivity (Wildman–Crippen MR) is 43.8 cm³/mol. The monoisotopic (exact) mass is 252 g/mol. The zero-order chi connectivity index (χ0) is 13.2. The molecule has 1 heterocycles. The fourth-order valence-corrected chi connectivity index (χ4v) is 0.756. The molecular weight excluding hydrogens is 239 g/mol. The van der Waals surface area contributed by atoms with Gasteiger partial charge in [0, 0.05) is 20.5 Å². The van der Waals surface area contributed by atoms with Crippen molar-refractivity contribution < 1.29 is 36.5 Å². The Morgan fingerprint density at radius 3 is 1.88 bits per heavy atom. The van der Waals surface area contributed by atoms with Crippen molar-refractivity contribution in [2.75, 3.05) is 6.61 Å². The second-order valence-electron chi connectivity index (χ2n) is 3.27. The standard InChI is InChI=1S/C6H7F5O2.C2H6O/c1-4(8)3(7)12-5(2,9)6(10,11)13-4;1-2-3/h3H,1-2H3;3H,2H2,1H3. The average Bonchev–Trinajstić information content (AvgIpc) is 2.00. The highest BCUT2D eigenvalue weighted by Gasteiger charge is 2.66. The van der Waals surface area contributed by atoms with Crippen molar-refractivity contribution in [2.24, 2.45) is 0 Å². The summed E-state index contributed by atoms with van der Waals surface area (Å²) in [4.78, 5) is 0. The highest BCUT2D eigenvalue weighted by atomic mass is 19.3. The van der Waals surface area contributed by atoms with Gasteiger partial charge in [-0.15, -0.1) is 0 Å². The Labute approximate surface area is 89.1 Å². The molecule has 16 heavy (non-hydrogen) atoms. The third-order valence-electron chi connectivity index (χ3n) is 1.58. The molecule has 0 aromatic carbocycles. The van der Waals surface area contributed by atoms with Crippen LogP contribution in [-0.4, -0.2) is 35.9 Å². The summed E-state index contributed by atoms with van der Waals surface area (Å²) in [5.74, 6) is -7.02. The van der Waals surface area contributed by atoms with Gasteiger partial charge in [-0.2, -0.15) is 8.78 Å². The molecule has 0 amide bonds. The fourth-order valence-electron chi connectivity index (χ4n) is 0.756. The summed E-state index contributed by atoms with van der Waals surface area (Å²) in [6.07, 6.45) is -7.40. The van der Waals surface area contributed by atoms with Crippen molar-refractivity contribution in [3.63, 3.8) is 0 Å². The van der Waals surface area contributed by atoms with Gasteiger partial charge in [0.2, 0.25) is 0 Å². The summed E-state index contributed by atoms with van der Waals surface area (Å²) < 4.78 is 69.9. The Bertz CT molecular complexity index is 232. The smallest absolute Gasteiger partial charge is 0.397 e. The average molecular weight is 252 g/mol. The molecule has 1 rings (SSSR count). The quantitative estimate of drug-likeness (QED) is 0.672. The first-order valence-corrected chi connectivity index (χ1v) is 4.38. The molecule has 0 spiro atoms. The van der Waals surface area contributed by atoms with E-state index in [1.165, 1.54) is 0 Å². The Morgan fingerprint density at radius 2 is 1.56 bits per heavy atom. The molecule has 1 aliphatic heterocycles. The van der Waals surface area contributed by atoms with E-state index in [4.69, 9.17) is 5.11 Å². The van der Waals surface area contributed by atoms with E-state index in [1.54, 1.807) is 6.92 Å². The number of aliphatic hydroxyl groups excluding tert-OH is 1. The lowest BCUT2D eigenvalue weighted by atomic mass is 10.2. The number of rotatable bonds is 0. The molecular formula is C8H13F5O3. The van der Waals surface area contributed by atoms with Crippen LogP contribution in [0.15, 0.2) is 0 Å². The maximum absolute atomic E-state index is 12.7. The van der Waals surface area contributed by atoms with Gasteiger partial charge < -0.3 is 5.11 Å². The zero-order valence-corrected chi connectivity index (χ0v) is 8.94. The van der Waals surface area contributed by atoms with Crippen LogP contribution in [0.1, 0.15) is 20.8 Å². The lowest BCUT2D eigenvalue weighted by molar-refractivity contribution is -0.501. The van der Waals surface area contributed by atoms with Gasteiger partial charge in [-0.1, -0.05) is 0 Å². The van der Waals surface area contributed by atoms with E-state index in [0.29, 0.717) is 6.92 Å². The van der Waals surface area contributed by atoms with Gasteiger partial charge in [0.15, 0.2) is 0 Å². The molecule has 1 aliphatic rings. The largest absolute Gasteiger partial charge is 0.417 e. The van der Waals surface area contributed by atoms with E-state index in [9.17, 15) is 22.0 Å². The number of hydrogen-bond donors (Lipinski definition) is 1. The molecule has 1 saturated heterocycles. The second-order valence-corrected chi connectivity index (χ2v) is 3.27. The highest BCUT2D eigenvalue weighted by Crippen LogP contribution is 2.46. The van der Waals surface area contributed by atoms with Crippen LogP contribution in [0.2, 0.25) is 0 Å². The van der Waals surface area contributed by atoms with Crippen LogP contribution in [0.3, 0.4) is 0 Å². The van der Waals surface area contributed by atoms with Crippen molar-refractivity contribution in [1.29, 1.82) is 0 Å². The van der Waals surface area contributed by atoms with E-state index < -0.39 is 24.2 Å². The van der Waals surface area contributed by atoms with E-state index in [-0.39, 0.29) is 13.5 Å². The number of alkyl halides is 5. The molecule has 1 N–H and O–H groups in total. The van der Waals surface area contributed by atoms with Crippen LogP contribution in [0.4, 0.5) is 22.0 Å². The first-order valence-electron chi connectivity index (χ1n) is 4.38. The molecule has 3 unspecified atom stereocenters. The van der Waals surface area contributed by atoms with Crippen LogP contribution in [-0.2, 0) is 9.47 Å². The number of halogens is 5. The Balaban J connectivity index is 0.000000673. The fraction of sp³-hybridized carbons (Fsp3) is 1.00. The van der Waals surface area contributed by atoms with Crippen LogP contribution in [0.5, 0.6) is 0 Å². The predicted octanol–water partition coefficient (Wildman–Crippen LogP) is 2.29. The number of aliphatic hydroxyl groups is 1. The van der Waals surface area contributed by atoms with Gasteiger partial charge in [-0.25, -0.2) is 13.2 Å². The van der Waals surface area contributed by atoms with Crippen molar-refractivity contribution in [1.82, 2.24) is 0 Å². The Kier molecular flexibility index (Phi) is 4.66. The zero-order valence-electron chi connectivity index (χ0n) is 8.94. The molecule has 3 atom stereocenters. The summed E-state index contributed by atoms with van der Waals surface area (Å²) in [5.41, 5.74) is 0. The highest BCUT2D eigenvalue weighted by molar-refractivity contribution is 4.84. The Hall–Kier alpha value is -0.470. The molecule has 0 aromatic heterocycles. The van der Waals surface area contributed by atoms with Crippen molar-refractivity contribution in [2.45, 2.75) is 44.9 Å². The summed E-state index contributed by atoms with van der Waals surface area (Å²) >= 11 is 0. The van der Waals surface area contributed by atoms with Gasteiger partial charge in [0.05, 0.1) is 0 Å². The first-order chi connectivity index (χ1) is 7.00. The van der Waals surface area contributed by atoms with E-state index in [1.807, 2.05) is 0 Å². The van der Waals surface area contributed by atoms with Crippen LogP contribution in [0, 0.1) is 0 Å². The summed E-state index contributed by atoms with van der Waals surface area (Å²) in [7, 11) is 0. The Morgan fingerprint density at radius 1 is 1.19 bits per heavy atom. The first kappa shape index (κ1) is 15.5. The molecule has 0 bridgehead atoms. The lowest BCUT2D eigenvalue weighted by Gasteiger charge is -2.41. The summed E-state index contributed by atoms with van der Waals surface area (Å²) in [5, 5.41) is 7.57. The molecule has 8 heteroatoms.